The van der Waals surface area contributed by atoms with Crippen LogP contribution in [0.3, 0.4) is 0 Å². The summed E-state index contributed by atoms with van der Waals surface area (Å²) < 4.78 is 1.89. The van der Waals surface area contributed by atoms with Crippen molar-refractivity contribution in [2.45, 2.75) is 58.9 Å². The smallest absolute Gasteiger partial charge is 0.226 e. The fourth-order valence-corrected chi connectivity index (χ4v) is 1.79. The summed E-state index contributed by atoms with van der Waals surface area (Å²) in [5.41, 5.74) is 0.770. The van der Waals surface area contributed by atoms with Crippen LogP contribution >= 0.6 is 0 Å². The maximum atomic E-state index is 11.9. The molecular formula is C15H28N4O. The number of nitrogens with one attached hydrogen (secondary N) is 2. The highest BCUT2D eigenvalue weighted by Gasteiger charge is 2.25. The third-order valence-electron chi connectivity index (χ3n) is 2.98. The average molecular weight is 280 g/mol. The second-order valence-corrected chi connectivity index (χ2v) is 7.15. The molecule has 0 saturated carbocycles. The SMILES string of the molecule is CNCCC(=O)Nc1cc(C(C)(C)C)nn1C(C)(C)C. The highest BCUT2D eigenvalue weighted by atomic mass is 16.1. The van der Waals surface area contributed by atoms with Crippen molar-refractivity contribution in [3.8, 4) is 0 Å². The van der Waals surface area contributed by atoms with E-state index in [0.29, 0.717) is 13.0 Å². The van der Waals surface area contributed by atoms with Gasteiger partial charge in [-0.05, 0) is 27.8 Å². The van der Waals surface area contributed by atoms with Gasteiger partial charge in [-0.25, -0.2) is 4.68 Å². The van der Waals surface area contributed by atoms with Crippen LogP contribution in [0.2, 0.25) is 0 Å². The van der Waals surface area contributed by atoms with Crippen molar-refractivity contribution in [3.05, 3.63) is 11.8 Å². The minimum atomic E-state index is -0.172. The standard InChI is InChI=1S/C15H28N4O/c1-14(2,3)11-10-12(17-13(20)8-9-16-7)19(18-11)15(4,5)6/h10,16H,8-9H2,1-7H3,(H,17,20). The highest BCUT2D eigenvalue weighted by Crippen LogP contribution is 2.28. The van der Waals surface area contributed by atoms with Crippen LogP contribution in [-0.2, 0) is 15.7 Å². The zero-order valence-electron chi connectivity index (χ0n) is 13.8. The van der Waals surface area contributed by atoms with Gasteiger partial charge in [-0.1, -0.05) is 20.8 Å². The van der Waals surface area contributed by atoms with Crippen LogP contribution in [0, 0.1) is 0 Å². The number of carbonyl (C=O) groups excluding carboxylic acids is 1. The zero-order valence-corrected chi connectivity index (χ0v) is 13.8. The maximum Gasteiger partial charge on any atom is 0.226 e. The highest BCUT2D eigenvalue weighted by molar-refractivity contribution is 5.90. The van der Waals surface area contributed by atoms with Crippen LogP contribution in [0.4, 0.5) is 5.82 Å². The van der Waals surface area contributed by atoms with Gasteiger partial charge in [0.25, 0.3) is 0 Å². The molecule has 0 unspecified atom stereocenters. The summed E-state index contributed by atoms with van der Waals surface area (Å²) in [7, 11) is 1.84. The molecule has 1 amide bonds. The fourth-order valence-electron chi connectivity index (χ4n) is 1.79. The first-order valence-corrected chi connectivity index (χ1v) is 7.11. The quantitative estimate of drug-likeness (QED) is 0.891. The predicted octanol–water partition coefficient (Wildman–Crippen LogP) is 2.48. The first-order chi connectivity index (χ1) is 9.05. The Morgan fingerprint density at radius 3 is 2.30 bits per heavy atom. The molecule has 5 heteroatoms. The number of rotatable bonds is 4. The minimum absolute atomic E-state index is 0.00482. The Hall–Kier alpha value is -1.36. The third kappa shape index (κ3) is 4.34. The van der Waals surface area contributed by atoms with Gasteiger partial charge in [0, 0.05) is 24.4 Å². The van der Waals surface area contributed by atoms with E-state index >= 15 is 0 Å². The molecule has 1 aromatic rings. The Labute approximate surface area is 122 Å². The van der Waals surface area contributed by atoms with E-state index in [4.69, 9.17) is 0 Å². The van der Waals surface area contributed by atoms with Gasteiger partial charge in [0.1, 0.15) is 5.82 Å². The van der Waals surface area contributed by atoms with Crippen molar-refractivity contribution < 1.29 is 4.79 Å². The lowest BCUT2D eigenvalue weighted by Crippen LogP contribution is -2.28. The molecule has 0 saturated heterocycles. The van der Waals surface area contributed by atoms with Gasteiger partial charge < -0.3 is 10.6 Å². The molecule has 0 radical (unpaired) electrons. The first-order valence-electron chi connectivity index (χ1n) is 7.11. The van der Waals surface area contributed by atoms with Gasteiger partial charge in [-0.15, -0.1) is 0 Å². The summed E-state index contributed by atoms with van der Waals surface area (Å²) in [6.07, 6.45) is 0.455. The third-order valence-corrected chi connectivity index (χ3v) is 2.98. The molecule has 1 aromatic heterocycles. The van der Waals surface area contributed by atoms with Gasteiger partial charge in [-0.3, -0.25) is 4.79 Å². The number of amides is 1. The molecule has 0 aliphatic heterocycles. The molecule has 0 bridgehead atoms. The van der Waals surface area contributed by atoms with Crippen LogP contribution in [0.1, 0.15) is 53.7 Å². The lowest BCUT2D eigenvalue weighted by Gasteiger charge is -2.23. The molecule has 114 valence electrons. The van der Waals surface area contributed by atoms with E-state index < -0.39 is 0 Å². The van der Waals surface area contributed by atoms with Gasteiger partial charge in [0.2, 0.25) is 5.91 Å². The van der Waals surface area contributed by atoms with Crippen molar-refractivity contribution >= 4 is 11.7 Å². The predicted molar refractivity (Wildman–Crippen MR) is 83.1 cm³/mol. The first kappa shape index (κ1) is 16.7. The van der Waals surface area contributed by atoms with Crippen LogP contribution in [0.15, 0.2) is 6.07 Å². The van der Waals surface area contributed by atoms with Crippen LogP contribution in [0.5, 0.6) is 0 Å². The number of nitrogens with zero attached hydrogens (tertiary/aromatic N) is 2. The summed E-state index contributed by atoms with van der Waals surface area (Å²) in [6.45, 7) is 13.3. The molecule has 0 fully saturated rings. The monoisotopic (exact) mass is 280 g/mol. The second-order valence-electron chi connectivity index (χ2n) is 7.15. The Bertz CT molecular complexity index is 463. The Morgan fingerprint density at radius 2 is 1.85 bits per heavy atom. The summed E-state index contributed by atoms with van der Waals surface area (Å²) in [6, 6.07) is 1.97. The fraction of sp³-hybridized carbons (Fsp3) is 0.733. The van der Waals surface area contributed by atoms with E-state index in [1.807, 2.05) is 17.8 Å². The van der Waals surface area contributed by atoms with Crippen LogP contribution in [0.25, 0.3) is 0 Å². The molecule has 20 heavy (non-hydrogen) atoms. The van der Waals surface area contributed by atoms with Crippen LogP contribution < -0.4 is 10.6 Å². The molecule has 0 spiro atoms. The van der Waals surface area contributed by atoms with Gasteiger partial charge in [0.05, 0.1) is 11.2 Å². The van der Waals surface area contributed by atoms with E-state index in [2.05, 4.69) is 57.3 Å². The van der Waals surface area contributed by atoms with Crippen molar-refractivity contribution in [1.29, 1.82) is 0 Å². The molecule has 1 heterocycles. The van der Waals surface area contributed by atoms with E-state index in [9.17, 15) is 4.79 Å². The van der Waals surface area contributed by atoms with Crippen LogP contribution in [-0.4, -0.2) is 29.3 Å². The van der Waals surface area contributed by atoms with Crippen molar-refractivity contribution in [2.24, 2.45) is 0 Å². The normalized spacial score (nSPS) is 12.6. The molecular weight excluding hydrogens is 252 g/mol. The Kier molecular flexibility index (Phi) is 4.97. The van der Waals surface area contributed by atoms with Gasteiger partial charge in [-0.2, -0.15) is 5.10 Å². The van der Waals surface area contributed by atoms with E-state index in [1.54, 1.807) is 0 Å². The Balaban J connectivity index is 3.04. The number of aromatic nitrogens is 2. The lowest BCUT2D eigenvalue weighted by atomic mass is 9.92. The minimum Gasteiger partial charge on any atom is -0.319 e. The zero-order chi connectivity index (χ0) is 15.6. The Morgan fingerprint density at radius 1 is 1.25 bits per heavy atom. The molecule has 5 nitrogen and oxygen atoms in total. The van der Waals surface area contributed by atoms with Crippen molar-refractivity contribution in [2.75, 3.05) is 18.9 Å². The van der Waals surface area contributed by atoms with Gasteiger partial charge >= 0.3 is 0 Å². The van der Waals surface area contributed by atoms with Crippen molar-refractivity contribution in [1.82, 2.24) is 15.1 Å². The molecule has 0 atom stereocenters. The number of hydrogen-bond donors (Lipinski definition) is 2. The summed E-state index contributed by atoms with van der Waals surface area (Å²) in [5, 5.41) is 10.6. The second kappa shape index (κ2) is 5.95. The molecule has 0 aromatic carbocycles. The van der Waals surface area contributed by atoms with Crippen molar-refractivity contribution in [3.63, 3.8) is 0 Å². The summed E-state index contributed by atoms with van der Waals surface area (Å²) in [5.74, 6) is 0.772. The largest absolute Gasteiger partial charge is 0.319 e. The molecule has 0 aliphatic carbocycles. The lowest BCUT2D eigenvalue weighted by molar-refractivity contribution is -0.116. The molecule has 2 N–H and O–H groups in total. The number of carbonyl (C=O) groups is 1. The maximum absolute atomic E-state index is 11.9. The number of hydrogen-bond acceptors (Lipinski definition) is 3. The average Bonchev–Trinajstić information content (AvgIpc) is 2.69. The molecule has 0 aliphatic rings. The van der Waals surface area contributed by atoms with E-state index in [-0.39, 0.29) is 16.9 Å². The topological polar surface area (TPSA) is 59.0 Å². The van der Waals surface area contributed by atoms with E-state index in [1.165, 1.54) is 0 Å². The number of anilines is 1. The van der Waals surface area contributed by atoms with Gasteiger partial charge in [0.15, 0.2) is 0 Å². The van der Waals surface area contributed by atoms with E-state index in [0.717, 1.165) is 11.5 Å². The summed E-state index contributed by atoms with van der Waals surface area (Å²) in [4.78, 5) is 11.9. The molecule has 1 rings (SSSR count). The summed E-state index contributed by atoms with van der Waals surface area (Å²) >= 11 is 0.